The van der Waals surface area contributed by atoms with E-state index in [1.807, 2.05) is 6.92 Å². The Bertz CT molecular complexity index is 446. The van der Waals surface area contributed by atoms with Crippen LogP contribution in [0, 0.1) is 0 Å². The first-order valence-electron chi connectivity index (χ1n) is 5.85. The van der Waals surface area contributed by atoms with E-state index in [-0.39, 0.29) is 11.9 Å². The number of nitrogens with one attached hydrogen (secondary N) is 1. The van der Waals surface area contributed by atoms with E-state index in [1.165, 1.54) is 0 Å². The number of hydrogen-bond donors (Lipinski definition) is 1. The van der Waals surface area contributed by atoms with Crippen LogP contribution in [0.25, 0.3) is 0 Å². The van der Waals surface area contributed by atoms with Crippen LogP contribution in [0.15, 0.2) is 22.7 Å². The van der Waals surface area contributed by atoms with Gasteiger partial charge in [0.2, 0.25) is 5.91 Å². The summed E-state index contributed by atoms with van der Waals surface area (Å²) in [5.74, 6) is -0.410. The number of carbonyl (C=O) groups is 2. The summed E-state index contributed by atoms with van der Waals surface area (Å²) < 4.78 is 5.56. The molecule has 18 heavy (non-hydrogen) atoms. The number of halogens is 1. The van der Waals surface area contributed by atoms with Gasteiger partial charge in [-0.05, 0) is 47.5 Å². The predicted octanol–water partition coefficient (Wildman–Crippen LogP) is 3.36. The van der Waals surface area contributed by atoms with Crippen LogP contribution in [0.1, 0.15) is 37.0 Å². The van der Waals surface area contributed by atoms with Crippen LogP contribution >= 0.6 is 15.9 Å². The second kappa shape index (κ2) is 7.16. The van der Waals surface area contributed by atoms with Crippen molar-refractivity contribution in [3.05, 3.63) is 28.2 Å². The number of carbonyl (C=O) groups excluding carboxylic acids is 2. The summed E-state index contributed by atoms with van der Waals surface area (Å²) >= 11 is 3.32. The maximum absolute atomic E-state index is 11.5. The van der Waals surface area contributed by atoms with Gasteiger partial charge in [-0.25, -0.2) is 4.79 Å². The van der Waals surface area contributed by atoms with E-state index in [1.54, 1.807) is 25.1 Å². The van der Waals surface area contributed by atoms with Gasteiger partial charge in [0.15, 0.2) is 0 Å². The van der Waals surface area contributed by atoms with E-state index in [4.69, 9.17) is 4.74 Å². The maximum atomic E-state index is 11.5. The van der Waals surface area contributed by atoms with Gasteiger partial charge in [0.25, 0.3) is 0 Å². The summed E-state index contributed by atoms with van der Waals surface area (Å²) in [4.78, 5) is 23.0. The molecule has 0 fully saturated rings. The third-order valence-corrected chi connectivity index (χ3v) is 2.89. The molecule has 0 aromatic heterocycles. The highest BCUT2D eigenvalue weighted by atomic mass is 79.9. The summed E-state index contributed by atoms with van der Waals surface area (Å²) in [6, 6.07) is 4.95. The fraction of sp³-hybridized carbons (Fsp3) is 0.385. The quantitative estimate of drug-likeness (QED) is 0.848. The molecule has 5 heteroatoms. The zero-order chi connectivity index (χ0) is 13.5. The van der Waals surface area contributed by atoms with Crippen LogP contribution in [0.4, 0.5) is 5.69 Å². The SMILES string of the molecule is CCCC(=O)Nc1ccc(C(=O)OCC)cc1Br. The number of amides is 1. The Morgan fingerprint density at radius 3 is 2.61 bits per heavy atom. The number of esters is 1. The molecular weight excluding hydrogens is 298 g/mol. The van der Waals surface area contributed by atoms with Crippen molar-refractivity contribution < 1.29 is 14.3 Å². The molecule has 0 bridgehead atoms. The zero-order valence-corrected chi connectivity index (χ0v) is 12.0. The standard InChI is InChI=1S/C13H16BrNO3/c1-3-5-12(16)15-11-7-6-9(8-10(11)14)13(17)18-4-2/h6-8H,3-5H2,1-2H3,(H,15,16). The first kappa shape index (κ1) is 14.7. The maximum Gasteiger partial charge on any atom is 0.338 e. The number of ether oxygens (including phenoxy) is 1. The number of benzene rings is 1. The van der Waals surface area contributed by atoms with Crippen LogP contribution in [0.2, 0.25) is 0 Å². The molecule has 4 nitrogen and oxygen atoms in total. The second-order valence-corrected chi connectivity index (χ2v) is 4.57. The molecule has 1 aromatic rings. The van der Waals surface area contributed by atoms with Gasteiger partial charge in [0, 0.05) is 10.9 Å². The highest BCUT2D eigenvalue weighted by molar-refractivity contribution is 9.10. The van der Waals surface area contributed by atoms with E-state index in [0.29, 0.717) is 28.8 Å². The van der Waals surface area contributed by atoms with Gasteiger partial charge in [-0.1, -0.05) is 6.92 Å². The van der Waals surface area contributed by atoms with Crippen LogP contribution in [-0.2, 0) is 9.53 Å². The first-order chi connectivity index (χ1) is 8.58. The van der Waals surface area contributed by atoms with E-state index in [2.05, 4.69) is 21.2 Å². The molecule has 0 spiro atoms. The van der Waals surface area contributed by atoms with Crippen molar-refractivity contribution in [3.8, 4) is 0 Å². The largest absolute Gasteiger partial charge is 0.462 e. The molecule has 1 amide bonds. The van der Waals surface area contributed by atoms with Gasteiger partial charge in [0.1, 0.15) is 0 Å². The Balaban J connectivity index is 2.79. The molecule has 0 radical (unpaired) electrons. The lowest BCUT2D eigenvalue weighted by Gasteiger charge is -2.08. The molecule has 0 heterocycles. The Hall–Kier alpha value is -1.36. The van der Waals surface area contributed by atoms with Crippen LogP contribution in [-0.4, -0.2) is 18.5 Å². The minimum absolute atomic E-state index is 0.0397. The average Bonchev–Trinajstić information content (AvgIpc) is 2.32. The normalized spacial score (nSPS) is 9.94. The topological polar surface area (TPSA) is 55.4 Å². The molecule has 98 valence electrons. The summed E-state index contributed by atoms with van der Waals surface area (Å²) in [7, 11) is 0. The van der Waals surface area contributed by atoms with Gasteiger partial charge >= 0.3 is 5.97 Å². The molecule has 0 unspecified atom stereocenters. The molecule has 0 aliphatic rings. The third-order valence-electron chi connectivity index (χ3n) is 2.23. The number of rotatable bonds is 5. The number of hydrogen-bond acceptors (Lipinski definition) is 3. The van der Waals surface area contributed by atoms with Gasteiger partial charge in [0.05, 0.1) is 17.9 Å². The van der Waals surface area contributed by atoms with Crippen LogP contribution in [0.3, 0.4) is 0 Å². The molecule has 1 rings (SSSR count). The van der Waals surface area contributed by atoms with E-state index < -0.39 is 0 Å². The summed E-state index contributed by atoms with van der Waals surface area (Å²) in [6.45, 7) is 4.04. The van der Waals surface area contributed by atoms with Crippen LogP contribution in [0.5, 0.6) is 0 Å². The highest BCUT2D eigenvalue weighted by Gasteiger charge is 2.10. The van der Waals surface area contributed by atoms with Crippen molar-refractivity contribution in [2.24, 2.45) is 0 Å². The predicted molar refractivity (Wildman–Crippen MR) is 73.6 cm³/mol. The van der Waals surface area contributed by atoms with Crippen molar-refractivity contribution in [1.82, 2.24) is 0 Å². The number of anilines is 1. The molecule has 0 saturated carbocycles. The van der Waals surface area contributed by atoms with E-state index in [0.717, 1.165) is 6.42 Å². The zero-order valence-electron chi connectivity index (χ0n) is 10.5. The molecule has 1 N–H and O–H groups in total. The Labute approximate surface area is 115 Å². The minimum Gasteiger partial charge on any atom is -0.462 e. The van der Waals surface area contributed by atoms with Gasteiger partial charge in [-0.3, -0.25) is 4.79 Å². The molecule has 1 aromatic carbocycles. The molecule has 0 saturated heterocycles. The van der Waals surface area contributed by atoms with E-state index in [9.17, 15) is 9.59 Å². The highest BCUT2D eigenvalue weighted by Crippen LogP contribution is 2.24. The minimum atomic E-state index is -0.371. The van der Waals surface area contributed by atoms with Gasteiger partial charge < -0.3 is 10.1 Å². The van der Waals surface area contributed by atoms with Gasteiger partial charge in [-0.15, -0.1) is 0 Å². The van der Waals surface area contributed by atoms with E-state index >= 15 is 0 Å². The Kier molecular flexibility index (Phi) is 5.85. The fourth-order valence-electron chi connectivity index (χ4n) is 1.40. The summed E-state index contributed by atoms with van der Waals surface area (Å²) in [6.07, 6.45) is 1.27. The monoisotopic (exact) mass is 313 g/mol. The Morgan fingerprint density at radius 2 is 2.06 bits per heavy atom. The lowest BCUT2D eigenvalue weighted by Crippen LogP contribution is -2.11. The second-order valence-electron chi connectivity index (χ2n) is 3.71. The van der Waals surface area contributed by atoms with Crippen molar-refractivity contribution in [1.29, 1.82) is 0 Å². The first-order valence-corrected chi connectivity index (χ1v) is 6.64. The van der Waals surface area contributed by atoms with Gasteiger partial charge in [-0.2, -0.15) is 0 Å². The lowest BCUT2D eigenvalue weighted by molar-refractivity contribution is -0.116. The molecular formula is C13H16BrNO3. The van der Waals surface area contributed by atoms with Crippen molar-refractivity contribution in [2.75, 3.05) is 11.9 Å². The van der Waals surface area contributed by atoms with Crippen molar-refractivity contribution >= 4 is 33.5 Å². The third kappa shape index (κ3) is 4.14. The van der Waals surface area contributed by atoms with Crippen molar-refractivity contribution in [2.45, 2.75) is 26.7 Å². The lowest BCUT2D eigenvalue weighted by atomic mass is 10.2. The molecule has 0 aliphatic heterocycles. The summed E-state index contributed by atoms with van der Waals surface area (Å²) in [5.41, 5.74) is 1.11. The molecule has 0 aliphatic carbocycles. The molecule has 0 atom stereocenters. The fourth-order valence-corrected chi connectivity index (χ4v) is 1.88. The average molecular weight is 314 g/mol. The van der Waals surface area contributed by atoms with Crippen LogP contribution < -0.4 is 5.32 Å². The smallest absolute Gasteiger partial charge is 0.338 e. The Morgan fingerprint density at radius 1 is 1.33 bits per heavy atom. The van der Waals surface area contributed by atoms with Crippen molar-refractivity contribution in [3.63, 3.8) is 0 Å². The summed E-state index contributed by atoms with van der Waals surface area (Å²) in [5, 5.41) is 2.77.